The van der Waals surface area contributed by atoms with Gasteiger partial charge in [0.1, 0.15) is 0 Å². The number of nitrogens with zero attached hydrogens (tertiary/aromatic N) is 1. The van der Waals surface area contributed by atoms with E-state index in [1.165, 1.54) is 11.8 Å². The molecule has 2 aromatic carbocycles. The van der Waals surface area contributed by atoms with Gasteiger partial charge < -0.3 is 5.32 Å². The number of benzene rings is 2. The lowest BCUT2D eigenvalue weighted by molar-refractivity contribution is -0.114. The van der Waals surface area contributed by atoms with Gasteiger partial charge in [-0.15, -0.1) is 0 Å². The van der Waals surface area contributed by atoms with E-state index in [9.17, 15) is 14.4 Å². The van der Waals surface area contributed by atoms with E-state index < -0.39 is 0 Å². The van der Waals surface area contributed by atoms with Crippen LogP contribution >= 0.6 is 0 Å². The van der Waals surface area contributed by atoms with Crippen LogP contribution < -0.4 is 5.32 Å². The number of hydrogen-bond acceptors (Lipinski definition) is 3. The van der Waals surface area contributed by atoms with Crippen molar-refractivity contribution in [3.8, 4) is 0 Å². The van der Waals surface area contributed by atoms with Crippen LogP contribution in [0, 0.1) is 0 Å². The highest BCUT2D eigenvalue weighted by Crippen LogP contribution is 2.32. The lowest BCUT2D eigenvalue weighted by Crippen LogP contribution is -2.40. The van der Waals surface area contributed by atoms with Crippen LogP contribution in [-0.2, 0) is 4.79 Å². The summed E-state index contributed by atoms with van der Waals surface area (Å²) < 4.78 is 0. The molecule has 1 aliphatic rings. The lowest BCUT2D eigenvalue weighted by Gasteiger charge is -2.27. The van der Waals surface area contributed by atoms with Crippen molar-refractivity contribution in [3.05, 3.63) is 41.5 Å². The molecule has 23 heavy (non-hydrogen) atoms. The number of carbonyl (C=O) groups is 3. The maximum Gasteiger partial charge on any atom is 0.261 e. The number of anilines is 1. The summed E-state index contributed by atoms with van der Waals surface area (Å²) in [7, 11) is 0. The number of nitrogens with one attached hydrogen (secondary N) is 1. The fraction of sp³-hybridized carbons (Fsp3) is 0.278. The lowest BCUT2D eigenvalue weighted by atomic mass is 9.93. The zero-order valence-electron chi connectivity index (χ0n) is 13.2. The maximum absolute atomic E-state index is 12.7. The third-order valence-electron chi connectivity index (χ3n) is 3.98. The summed E-state index contributed by atoms with van der Waals surface area (Å²) >= 11 is 0. The maximum atomic E-state index is 12.7. The van der Waals surface area contributed by atoms with E-state index in [1.807, 2.05) is 13.0 Å². The van der Waals surface area contributed by atoms with Gasteiger partial charge >= 0.3 is 0 Å². The molecule has 0 atom stereocenters. The highest BCUT2D eigenvalue weighted by Gasteiger charge is 2.32. The molecule has 0 aliphatic carbocycles. The van der Waals surface area contributed by atoms with Crippen LogP contribution in [-0.4, -0.2) is 29.2 Å². The van der Waals surface area contributed by atoms with E-state index in [1.54, 1.807) is 24.3 Å². The Kier molecular flexibility index (Phi) is 3.86. The standard InChI is InChI=1S/C18H18N2O3/c1-3-4-8-20-17(22)14-7-5-6-12-9-13(19-11(2)21)10-15(16(12)14)18(20)23/h5-7,9-10H,3-4,8H2,1-2H3,(H,19,21). The molecule has 5 nitrogen and oxygen atoms in total. The molecule has 0 saturated heterocycles. The molecule has 0 saturated carbocycles. The summed E-state index contributed by atoms with van der Waals surface area (Å²) in [6.45, 7) is 3.85. The van der Waals surface area contributed by atoms with Gasteiger partial charge in [-0.2, -0.15) is 0 Å². The van der Waals surface area contributed by atoms with Crippen molar-refractivity contribution >= 4 is 34.2 Å². The molecule has 1 aliphatic heterocycles. The molecule has 0 fully saturated rings. The van der Waals surface area contributed by atoms with Crippen molar-refractivity contribution in [1.29, 1.82) is 0 Å². The Morgan fingerprint density at radius 1 is 1.13 bits per heavy atom. The van der Waals surface area contributed by atoms with E-state index in [0.29, 0.717) is 28.7 Å². The van der Waals surface area contributed by atoms with E-state index in [4.69, 9.17) is 0 Å². The van der Waals surface area contributed by atoms with E-state index in [2.05, 4.69) is 5.32 Å². The molecule has 3 amide bonds. The van der Waals surface area contributed by atoms with E-state index in [-0.39, 0.29) is 17.7 Å². The first kappa shape index (κ1) is 15.2. The molecule has 0 aromatic heterocycles. The molecule has 1 N–H and O–H groups in total. The normalized spacial score (nSPS) is 13.6. The Bertz CT molecular complexity index is 826. The molecule has 5 heteroatoms. The first-order valence-corrected chi connectivity index (χ1v) is 7.73. The average Bonchev–Trinajstić information content (AvgIpc) is 2.51. The number of amides is 3. The van der Waals surface area contributed by atoms with Gasteiger partial charge in [0, 0.05) is 30.1 Å². The summed E-state index contributed by atoms with van der Waals surface area (Å²) in [4.78, 5) is 38.0. The molecule has 0 bridgehead atoms. The third-order valence-corrected chi connectivity index (χ3v) is 3.98. The van der Waals surface area contributed by atoms with Crippen LogP contribution in [0.15, 0.2) is 30.3 Å². The predicted octanol–water partition coefficient (Wildman–Crippen LogP) is 3.19. The van der Waals surface area contributed by atoms with Crippen molar-refractivity contribution in [2.24, 2.45) is 0 Å². The minimum Gasteiger partial charge on any atom is -0.326 e. The molecule has 0 unspecified atom stereocenters. The molecular formula is C18H18N2O3. The minimum absolute atomic E-state index is 0.199. The first-order chi connectivity index (χ1) is 11.0. The van der Waals surface area contributed by atoms with Crippen molar-refractivity contribution in [3.63, 3.8) is 0 Å². The fourth-order valence-corrected chi connectivity index (χ4v) is 2.95. The Hall–Kier alpha value is -2.69. The third kappa shape index (κ3) is 2.59. The smallest absolute Gasteiger partial charge is 0.261 e. The molecule has 118 valence electrons. The summed E-state index contributed by atoms with van der Waals surface area (Å²) in [5.74, 6) is -0.733. The van der Waals surface area contributed by atoms with Crippen LogP contribution in [0.5, 0.6) is 0 Å². The molecular weight excluding hydrogens is 292 g/mol. The van der Waals surface area contributed by atoms with Crippen LogP contribution in [0.1, 0.15) is 47.4 Å². The molecule has 2 aromatic rings. The number of unbranched alkanes of at least 4 members (excludes halogenated alkanes) is 1. The molecule has 0 radical (unpaired) electrons. The second-order valence-corrected chi connectivity index (χ2v) is 5.72. The van der Waals surface area contributed by atoms with Crippen molar-refractivity contribution in [2.45, 2.75) is 26.7 Å². The zero-order chi connectivity index (χ0) is 16.6. The van der Waals surface area contributed by atoms with Gasteiger partial charge in [0.2, 0.25) is 5.91 Å². The Morgan fingerprint density at radius 3 is 2.57 bits per heavy atom. The zero-order valence-corrected chi connectivity index (χ0v) is 13.2. The summed E-state index contributed by atoms with van der Waals surface area (Å²) in [6.07, 6.45) is 1.67. The predicted molar refractivity (Wildman–Crippen MR) is 88.5 cm³/mol. The Morgan fingerprint density at radius 2 is 1.87 bits per heavy atom. The summed E-state index contributed by atoms with van der Waals surface area (Å²) in [5, 5.41) is 4.16. The van der Waals surface area contributed by atoms with Crippen LogP contribution in [0.2, 0.25) is 0 Å². The van der Waals surface area contributed by atoms with Gasteiger partial charge in [-0.1, -0.05) is 25.5 Å². The van der Waals surface area contributed by atoms with Crippen molar-refractivity contribution < 1.29 is 14.4 Å². The van der Waals surface area contributed by atoms with Crippen LogP contribution in [0.4, 0.5) is 5.69 Å². The van der Waals surface area contributed by atoms with Gasteiger partial charge in [-0.25, -0.2) is 0 Å². The number of carbonyl (C=O) groups excluding carboxylic acids is 3. The highest BCUT2D eigenvalue weighted by molar-refractivity contribution is 6.26. The van der Waals surface area contributed by atoms with E-state index >= 15 is 0 Å². The SMILES string of the molecule is CCCCN1C(=O)c2cccc3cc(NC(C)=O)cc(c23)C1=O. The van der Waals surface area contributed by atoms with Gasteiger partial charge in [0.05, 0.1) is 5.56 Å². The molecule has 3 rings (SSSR count). The van der Waals surface area contributed by atoms with Gasteiger partial charge in [-0.05, 0) is 30.0 Å². The Balaban J connectivity index is 2.18. The number of rotatable bonds is 4. The highest BCUT2D eigenvalue weighted by atomic mass is 16.2. The van der Waals surface area contributed by atoms with Gasteiger partial charge in [-0.3, -0.25) is 19.3 Å². The number of imide groups is 1. The first-order valence-electron chi connectivity index (χ1n) is 7.73. The largest absolute Gasteiger partial charge is 0.326 e. The van der Waals surface area contributed by atoms with Gasteiger partial charge in [0.25, 0.3) is 11.8 Å². The second kappa shape index (κ2) is 5.83. The summed E-state index contributed by atoms with van der Waals surface area (Å²) in [6, 6.07) is 8.82. The van der Waals surface area contributed by atoms with Crippen LogP contribution in [0.25, 0.3) is 10.8 Å². The van der Waals surface area contributed by atoms with E-state index in [0.717, 1.165) is 18.2 Å². The average molecular weight is 310 g/mol. The quantitative estimate of drug-likeness (QED) is 0.882. The van der Waals surface area contributed by atoms with Gasteiger partial charge in [0.15, 0.2) is 0 Å². The number of hydrogen-bond donors (Lipinski definition) is 1. The summed E-state index contributed by atoms with van der Waals surface area (Å²) in [5.41, 5.74) is 1.58. The minimum atomic E-state index is -0.292. The fourth-order valence-electron chi connectivity index (χ4n) is 2.95. The van der Waals surface area contributed by atoms with Crippen molar-refractivity contribution in [2.75, 3.05) is 11.9 Å². The van der Waals surface area contributed by atoms with Crippen LogP contribution in [0.3, 0.4) is 0 Å². The molecule has 1 heterocycles. The monoisotopic (exact) mass is 310 g/mol. The topological polar surface area (TPSA) is 66.5 Å². The Labute approximate surface area is 134 Å². The molecule has 0 spiro atoms. The second-order valence-electron chi connectivity index (χ2n) is 5.72. The van der Waals surface area contributed by atoms with Crippen molar-refractivity contribution in [1.82, 2.24) is 4.90 Å².